The first-order valence-electron chi connectivity index (χ1n) is 7.00. The molecule has 0 aromatic rings. The van der Waals surface area contributed by atoms with Crippen molar-refractivity contribution in [2.45, 2.75) is 69.6 Å². The lowest BCUT2D eigenvalue weighted by molar-refractivity contribution is 0.479. The van der Waals surface area contributed by atoms with Crippen LogP contribution in [-0.4, -0.2) is 32.5 Å². The molecule has 0 aromatic heterocycles. The molecule has 2 atom stereocenters. The topological polar surface area (TPSA) is 46.2 Å². The quantitative estimate of drug-likeness (QED) is 0.590. The Morgan fingerprint density at radius 2 is 1.82 bits per heavy atom. The monoisotopic (exact) mass is 261 g/mol. The van der Waals surface area contributed by atoms with Gasteiger partial charge in [0.1, 0.15) is 0 Å². The van der Waals surface area contributed by atoms with Crippen LogP contribution in [0.1, 0.15) is 58.3 Å². The van der Waals surface area contributed by atoms with Crippen LogP contribution in [0.25, 0.3) is 0 Å². The zero-order valence-electron chi connectivity index (χ0n) is 11.2. The van der Waals surface area contributed by atoms with Gasteiger partial charge in [0.15, 0.2) is 9.84 Å². The average molecular weight is 261 g/mol. The Morgan fingerprint density at radius 1 is 1.12 bits per heavy atom. The first-order chi connectivity index (χ1) is 8.11. The molecule has 17 heavy (non-hydrogen) atoms. The smallest absolute Gasteiger partial charge is 0.154 e. The normalized spacial score (nSPS) is 26.7. The maximum Gasteiger partial charge on any atom is 0.154 e. The largest absolute Gasteiger partial charge is 0.316 e. The molecule has 1 saturated carbocycles. The van der Waals surface area contributed by atoms with Crippen molar-refractivity contribution in [2.75, 3.05) is 12.8 Å². The highest BCUT2D eigenvalue weighted by atomic mass is 32.2. The van der Waals surface area contributed by atoms with Gasteiger partial charge in [0, 0.05) is 6.04 Å². The van der Waals surface area contributed by atoms with Crippen LogP contribution in [0.3, 0.4) is 0 Å². The van der Waals surface area contributed by atoms with Gasteiger partial charge in [-0.25, -0.2) is 8.42 Å². The first kappa shape index (κ1) is 15.0. The molecule has 1 aliphatic rings. The van der Waals surface area contributed by atoms with E-state index in [9.17, 15) is 8.42 Å². The molecule has 1 fully saturated rings. The van der Waals surface area contributed by atoms with Gasteiger partial charge in [0.2, 0.25) is 0 Å². The van der Waals surface area contributed by atoms with E-state index in [-0.39, 0.29) is 11.3 Å². The van der Waals surface area contributed by atoms with Crippen LogP contribution in [0.2, 0.25) is 0 Å². The van der Waals surface area contributed by atoms with Crippen LogP contribution >= 0.6 is 0 Å². The summed E-state index contributed by atoms with van der Waals surface area (Å²) >= 11 is 0. The van der Waals surface area contributed by atoms with Gasteiger partial charge in [-0.15, -0.1) is 0 Å². The Morgan fingerprint density at radius 3 is 2.47 bits per heavy atom. The third-order valence-corrected chi connectivity index (χ3v) is 6.16. The first-order valence-corrected chi connectivity index (χ1v) is 8.72. The Bertz CT molecular complexity index is 301. The van der Waals surface area contributed by atoms with Gasteiger partial charge in [0.05, 0.1) is 11.0 Å². The average Bonchev–Trinajstić information content (AvgIpc) is 2.54. The number of unbranched alkanes of at least 4 members (excludes halogenated alkanes) is 2. The lowest BCUT2D eigenvalue weighted by Gasteiger charge is -2.24. The van der Waals surface area contributed by atoms with E-state index >= 15 is 0 Å². The molecule has 0 aromatic carbocycles. The number of hydrogen-bond acceptors (Lipinski definition) is 3. The van der Waals surface area contributed by atoms with Crippen LogP contribution in [-0.2, 0) is 9.84 Å². The van der Waals surface area contributed by atoms with Crippen LogP contribution in [0.4, 0.5) is 0 Å². The highest BCUT2D eigenvalue weighted by molar-refractivity contribution is 7.92. The molecule has 4 heteroatoms. The number of nitrogens with one attached hydrogen (secondary N) is 1. The van der Waals surface area contributed by atoms with Crippen molar-refractivity contribution in [3.63, 3.8) is 0 Å². The van der Waals surface area contributed by atoms with Gasteiger partial charge in [-0.05, 0) is 26.3 Å². The molecule has 1 N–H and O–H groups in total. The summed E-state index contributed by atoms with van der Waals surface area (Å²) in [6, 6.07) is 0.170. The molecule has 0 bridgehead atoms. The van der Waals surface area contributed by atoms with Gasteiger partial charge >= 0.3 is 0 Å². The summed E-state index contributed by atoms with van der Waals surface area (Å²) in [4.78, 5) is 0. The summed E-state index contributed by atoms with van der Waals surface area (Å²) in [7, 11) is -1.01. The maximum atomic E-state index is 12.3. The van der Waals surface area contributed by atoms with E-state index in [0.29, 0.717) is 5.75 Å². The minimum atomic E-state index is -2.90. The van der Waals surface area contributed by atoms with Gasteiger partial charge < -0.3 is 5.32 Å². The Balaban J connectivity index is 2.64. The van der Waals surface area contributed by atoms with E-state index in [2.05, 4.69) is 12.2 Å². The molecule has 0 spiro atoms. The van der Waals surface area contributed by atoms with E-state index in [1.54, 1.807) is 0 Å². The number of hydrogen-bond donors (Lipinski definition) is 1. The van der Waals surface area contributed by atoms with Crippen LogP contribution < -0.4 is 5.32 Å². The second-order valence-corrected chi connectivity index (χ2v) is 7.49. The van der Waals surface area contributed by atoms with Crippen molar-refractivity contribution in [3.8, 4) is 0 Å². The van der Waals surface area contributed by atoms with E-state index in [4.69, 9.17) is 0 Å². The van der Waals surface area contributed by atoms with Crippen molar-refractivity contribution < 1.29 is 8.42 Å². The van der Waals surface area contributed by atoms with E-state index in [1.807, 2.05) is 7.05 Å². The molecule has 0 aliphatic heterocycles. The minimum Gasteiger partial charge on any atom is -0.316 e. The molecule has 3 nitrogen and oxygen atoms in total. The highest BCUT2D eigenvalue weighted by Crippen LogP contribution is 2.24. The fourth-order valence-electron chi connectivity index (χ4n) is 2.74. The van der Waals surface area contributed by atoms with Crippen molar-refractivity contribution in [2.24, 2.45) is 0 Å². The van der Waals surface area contributed by atoms with Crippen molar-refractivity contribution in [1.82, 2.24) is 5.32 Å². The van der Waals surface area contributed by atoms with Crippen LogP contribution in [0.5, 0.6) is 0 Å². The third kappa shape index (κ3) is 4.59. The van der Waals surface area contributed by atoms with E-state index in [1.165, 1.54) is 6.42 Å². The third-order valence-electron chi connectivity index (χ3n) is 3.82. The van der Waals surface area contributed by atoms with Crippen molar-refractivity contribution in [1.29, 1.82) is 0 Å². The highest BCUT2D eigenvalue weighted by Gasteiger charge is 2.32. The lowest BCUT2D eigenvalue weighted by atomic mass is 10.1. The van der Waals surface area contributed by atoms with Crippen molar-refractivity contribution >= 4 is 9.84 Å². The Kier molecular flexibility index (Phi) is 6.49. The fourth-order valence-corrected chi connectivity index (χ4v) is 4.95. The maximum absolute atomic E-state index is 12.3. The molecule has 0 radical (unpaired) electrons. The minimum absolute atomic E-state index is 0.146. The van der Waals surface area contributed by atoms with Crippen molar-refractivity contribution in [3.05, 3.63) is 0 Å². The molecule has 1 rings (SSSR count). The lowest BCUT2D eigenvalue weighted by Crippen LogP contribution is -2.42. The van der Waals surface area contributed by atoms with E-state index in [0.717, 1.165) is 44.9 Å². The standard InChI is InChI=1S/C13H27NO2S/c1-3-4-8-11-17(15,16)13-10-7-5-6-9-12(13)14-2/h12-14H,3-11H2,1-2H3. The Labute approximate surface area is 106 Å². The predicted molar refractivity (Wildman–Crippen MR) is 73.0 cm³/mol. The fraction of sp³-hybridized carbons (Fsp3) is 1.00. The molecular weight excluding hydrogens is 234 g/mol. The molecule has 0 heterocycles. The van der Waals surface area contributed by atoms with Gasteiger partial charge in [-0.1, -0.05) is 39.0 Å². The number of rotatable bonds is 6. The number of sulfone groups is 1. The second kappa shape index (κ2) is 7.37. The van der Waals surface area contributed by atoms with Crippen LogP contribution in [0.15, 0.2) is 0 Å². The molecule has 0 amide bonds. The summed E-state index contributed by atoms with van der Waals surface area (Å²) < 4.78 is 24.7. The molecule has 1 aliphatic carbocycles. The summed E-state index contributed by atoms with van der Waals surface area (Å²) in [5.41, 5.74) is 0. The molecule has 102 valence electrons. The van der Waals surface area contributed by atoms with Gasteiger partial charge in [-0.2, -0.15) is 0 Å². The predicted octanol–water partition coefficient (Wildman–Crippen LogP) is 2.51. The summed E-state index contributed by atoms with van der Waals surface area (Å²) in [6.45, 7) is 2.11. The van der Waals surface area contributed by atoms with Gasteiger partial charge in [0.25, 0.3) is 0 Å². The Hall–Kier alpha value is -0.0900. The summed E-state index contributed by atoms with van der Waals surface area (Å²) in [6.07, 6.45) is 8.19. The van der Waals surface area contributed by atoms with Gasteiger partial charge in [-0.3, -0.25) is 0 Å². The zero-order valence-corrected chi connectivity index (χ0v) is 12.1. The summed E-state index contributed by atoms with van der Waals surface area (Å²) in [5, 5.41) is 3.06. The SMILES string of the molecule is CCCCCS(=O)(=O)C1CCCCCC1NC. The zero-order chi connectivity index (χ0) is 12.7. The van der Waals surface area contributed by atoms with Crippen LogP contribution in [0, 0.1) is 0 Å². The second-order valence-electron chi connectivity index (χ2n) is 5.15. The molecular formula is C13H27NO2S. The molecule has 2 unspecified atom stereocenters. The molecule has 0 saturated heterocycles. The van der Waals surface area contributed by atoms with E-state index < -0.39 is 9.84 Å². The summed E-state index contributed by atoms with van der Waals surface area (Å²) in [5.74, 6) is 0.379.